The maximum absolute atomic E-state index is 5.43. The molecule has 1 aliphatic heterocycles. The number of nitrogens with zero attached hydrogens (tertiary/aromatic N) is 2. The number of hydrogen-bond acceptors (Lipinski definition) is 3. The third kappa shape index (κ3) is 1.38. The zero-order valence-electron chi connectivity index (χ0n) is 6.16. The first kappa shape index (κ1) is 6.73. The minimum atomic E-state index is 0.189. The molecule has 1 radical (unpaired) electrons. The van der Waals surface area contributed by atoms with Crippen molar-refractivity contribution >= 4 is 0 Å². The van der Waals surface area contributed by atoms with Gasteiger partial charge in [-0.1, -0.05) is 0 Å². The fraction of sp³-hybridized carbons (Fsp3) is 0.500. The lowest BCUT2D eigenvalue weighted by molar-refractivity contribution is 0.108. The predicted octanol–water partition coefficient (Wildman–Crippen LogP) is 1.13. The molecule has 0 bridgehead atoms. The molecule has 0 aliphatic carbocycles. The van der Waals surface area contributed by atoms with Crippen LogP contribution in [0.15, 0.2) is 12.3 Å². The summed E-state index contributed by atoms with van der Waals surface area (Å²) in [6.45, 7) is 0.856. The minimum Gasteiger partial charge on any atom is -0.372 e. The van der Waals surface area contributed by atoms with Gasteiger partial charge in [0.2, 0.25) is 0 Å². The normalized spacial score (nSPS) is 23.8. The molecule has 1 atom stereocenters. The van der Waals surface area contributed by atoms with E-state index >= 15 is 0 Å². The largest absolute Gasteiger partial charge is 0.372 e. The van der Waals surface area contributed by atoms with E-state index < -0.39 is 0 Å². The molecule has 0 N–H and O–H groups in total. The minimum absolute atomic E-state index is 0.189. The van der Waals surface area contributed by atoms with Crippen LogP contribution >= 0.6 is 0 Å². The lowest BCUT2D eigenvalue weighted by Crippen LogP contribution is -1.98. The molecule has 1 aliphatic rings. The van der Waals surface area contributed by atoms with E-state index in [1.54, 1.807) is 6.20 Å². The summed E-state index contributed by atoms with van der Waals surface area (Å²) in [5.41, 5.74) is 0.956. The summed E-state index contributed by atoms with van der Waals surface area (Å²) in [6, 6.07) is 1.88. The van der Waals surface area contributed by atoms with Crippen LogP contribution in [-0.4, -0.2) is 16.6 Å². The molecule has 2 heterocycles. The Hall–Kier alpha value is -0.960. The van der Waals surface area contributed by atoms with E-state index in [-0.39, 0.29) is 6.10 Å². The zero-order chi connectivity index (χ0) is 7.52. The second-order valence-corrected chi connectivity index (χ2v) is 2.58. The quantitative estimate of drug-likeness (QED) is 0.600. The second-order valence-electron chi connectivity index (χ2n) is 2.58. The molecule has 1 saturated heterocycles. The van der Waals surface area contributed by atoms with Crippen molar-refractivity contribution in [3.8, 4) is 0 Å². The zero-order valence-corrected chi connectivity index (χ0v) is 6.16. The van der Waals surface area contributed by atoms with Crippen molar-refractivity contribution in [2.75, 3.05) is 6.61 Å². The van der Waals surface area contributed by atoms with Crippen LogP contribution in [0.25, 0.3) is 0 Å². The van der Waals surface area contributed by atoms with Gasteiger partial charge in [-0.15, -0.1) is 0 Å². The lowest BCUT2D eigenvalue weighted by atomic mass is 10.2. The Kier molecular flexibility index (Phi) is 1.81. The van der Waals surface area contributed by atoms with E-state index in [1.165, 1.54) is 0 Å². The average Bonchev–Trinajstić information content (AvgIpc) is 2.58. The molecule has 1 aromatic rings. The van der Waals surface area contributed by atoms with Crippen LogP contribution < -0.4 is 0 Å². The first-order valence-electron chi connectivity index (χ1n) is 3.77. The Morgan fingerprint density at radius 2 is 2.64 bits per heavy atom. The Morgan fingerprint density at radius 3 is 3.27 bits per heavy atom. The molecule has 0 saturated carbocycles. The van der Waals surface area contributed by atoms with E-state index in [0.717, 1.165) is 25.1 Å². The van der Waals surface area contributed by atoms with E-state index in [2.05, 4.69) is 16.3 Å². The van der Waals surface area contributed by atoms with Gasteiger partial charge in [0.25, 0.3) is 0 Å². The van der Waals surface area contributed by atoms with Crippen LogP contribution in [0.3, 0.4) is 0 Å². The molecule has 1 unspecified atom stereocenters. The van der Waals surface area contributed by atoms with Gasteiger partial charge in [0.05, 0.1) is 11.8 Å². The standard InChI is InChI=1S/C8H9N2O/c1-2-8(11-5-1)7-3-4-9-6-10-7/h3-4,8H,1-2,5H2. The summed E-state index contributed by atoms with van der Waals surface area (Å²) in [5, 5.41) is 0. The molecule has 0 aromatic carbocycles. The number of hydrogen-bond donors (Lipinski definition) is 0. The lowest BCUT2D eigenvalue weighted by Gasteiger charge is -2.05. The van der Waals surface area contributed by atoms with Crippen LogP contribution in [-0.2, 0) is 4.74 Å². The topological polar surface area (TPSA) is 35.0 Å². The van der Waals surface area contributed by atoms with Gasteiger partial charge < -0.3 is 4.74 Å². The fourth-order valence-electron chi connectivity index (χ4n) is 1.26. The van der Waals surface area contributed by atoms with E-state index in [0.29, 0.717) is 0 Å². The Balaban J connectivity index is 2.16. The highest BCUT2D eigenvalue weighted by atomic mass is 16.5. The SMILES string of the molecule is [c]1nccc(C2CCCO2)n1. The summed E-state index contributed by atoms with van der Waals surface area (Å²) in [6.07, 6.45) is 6.65. The van der Waals surface area contributed by atoms with Gasteiger partial charge in [0, 0.05) is 12.8 Å². The average molecular weight is 149 g/mol. The maximum atomic E-state index is 5.43. The first-order valence-corrected chi connectivity index (χ1v) is 3.77. The maximum Gasteiger partial charge on any atom is 0.198 e. The fourth-order valence-corrected chi connectivity index (χ4v) is 1.26. The summed E-state index contributed by atoms with van der Waals surface area (Å²) in [5.74, 6) is 0. The van der Waals surface area contributed by atoms with Crippen LogP contribution in [0, 0.1) is 6.33 Å². The molecular weight excluding hydrogens is 140 g/mol. The molecule has 3 heteroatoms. The van der Waals surface area contributed by atoms with Crippen molar-refractivity contribution in [2.45, 2.75) is 18.9 Å². The number of rotatable bonds is 1. The molecular formula is C8H9N2O. The molecule has 3 nitrogen and oxygen atoms in total. The van der Waals surface area contributed by atoms with Gasteiger partial charge in [0.1, 0.15) is 0 Å². The molecule has 1 fully saturated rings. The number of aromatic nitrogens is 2. The van der Waals surface area contributed by atoms with Crippen molar-refractivity contribution in [3.05, 3.63) is 24.3 Å². The van der Waals surface area contributed by atoms with Gasteiger partial charge in [-0.3, -0.25) is 0 Å². The molecule has 57 valence electrons. The van der Waals surface area contributed by atoms with Crippen molar-refractivity contribution in [2.24, 2.45) is 0 Å². The van der Waals surface area contributed by atoms with Gasteiger partial charge in [-0.25, -0.2) is 9.97 Å². The van der Waals surface area contributed by atoms with Gasteiger partial charge in [-0.2, -0.15) is 0 Å². The Morgan fingerprint density at radius 1 is 1.64 bits per heavy atom. The van der Waals surface area contributed by atoms with Gasteiger partial charge in [-0.05, 0) is 18.9 Å². The van der Waals surface area contributed by atoms with Gasteiger partial charge in [0.15, 0.2) is 6.33 Å². The highest BCUT2D eigenvalue weighted by Crippen LogP contribution is 2.25. The highest BCUT2D eigenvalue weighted by molar-refractivity contribution is 5.02. The number of ether oxygens (including phenoxy) is 1. The highest BCUT2D eigenvalue weighted by Gasteiger charge is 2.18. The predicted molar refractivity (Wildman–Crippen MR) is 38.8 cm³/mol. The van der Waals surface area contributed by atoms with Crippen LogP contribution in [0.4, 0.5) is 0 Å². The smallest absolute Gasteiger partial charge is 0.198 e. The second kappa shape index (κ2) is 2.96. The van der Waals surface area contributed by atoms with Crippen molar-refractivity contribution in [3.63, 3.8) is 0 Å². The Labute approximate surface area is 65.4 Å². The summed E-state index contributed by atoms with van der Waals surface area (Å²) < 4.78 is 5.43. The van der Waals surface area contributed by atoms with E-state index in [4.69, 9.17) is 4.74 Å². The summed E-state index contributed by atoms with van der Waals surface area (Å²) in [4.78, 5) is 7.72. The summed E-state index contributed by atoms with van der Waals surface area (Å²) in [7, 11) is 0. The van der Waals surface area contributed by atoms with Crippen molar-refractivity contribution in [1.82, 2.24) is 9.97 Å². The molecule has 0 spiro atoms. The van der Waals surface area contributed by atoms with E-state index in [1.807, 2.05) is 6.07 Å². The van der Waals surface area contributed by atoms with Gasteiger partial charge >= 0.3 is 0 Å². The monoisotopic (exact) mass is 149 g/mol. The third-order valence-corrected chi connectivity index (χ3v) is 1.82. The van der Waals surface area contributed by atoms with Crippen LogP contribution in [0.2, 0.25) is 0 Å². The van der Waals surface area contributed by atoms with Crippen LogP contribution in [0.5, 0.6) is 0 Å². The van der Waals surface area contributed by atoms with Crippen molar-refractivity contribution < 1.29 is 4.74 Å². The first-order chi connectivity index (χ1) is 5.47. The summed E-state index contributed by atoms with van der Waals surface area (Å²) >= 11 is 0. The molecule has 1 aromatic heterocycles. The Bertz CT molecular complexity index is 219. The molecule has 2 rings (SSSR count). The molecule has 11 heavy (non-hydrogen) atoms. The van der Waals surface area contributed by atoms with Crippen LogP contribution in [0.1, 0.15) is 24.6 Å². The third-order valence-electron chi connectivity index (χ3n) is 1.82. The molecule has 0 amide bonds. The van der Waals surface area contributed by atoms with E-state index in [9.17, 15) is 0 Å². The van der Waals surface area contributed by atoms with Crippen molar-refractivity contribution in [1.29, 1.82) is 0 Å².